The zero-order valence-corrected chi connectivity index (χ0v) is 15.2. The van der Waals surface area contributed by atoms with Gasteiger partial charge in [-0.15, -0.1) is 0 Å². The number of carbonyl (C=O) groups is 1. The van der Waals surface area contributed by atoms with Crippen molar-refractivity contribution < 1.29 is 9.53 Å². The van der Waals surface area contributed by atoms with Crippen LogP contribution in [-0.2, 0) is 4.74 Å². The molecule has 2 aromatic rings. The molecule has 1 saturated carbocycles. The second-order valence-corrected chi connectivity index (χ2v) is 7.54. The average Bonchev–Trinajstić information content (AvgIpc) is 3.42. The monoisotopic (exact) mass is 338 g/mol. The first-order chi connectivity index (χ1) is 11.5. The number of methoxy groups -OCH3 is 1. The maximum atomic E-state index is 11.9. The van der Waals surface area contributed by atoms with Gasteiger partial charge in [0.1, 0.15) is 0 Å². The van der Waals surface area contributed by atoms with Gasteiger partial charge in [0.25, 0.3) is 0 Å². The number of hydrogen-bond acceptors (Lipinski definition) is 3. The molecular weight excluding hydrogens is 316 g/mol. The molecule has 0 spiro atoms. The van der Waals surface area contributed by atoms with Crippen molar-refractivity contribution >= 4 is 33.4 Å². The number of benzene rings is 2. The lowest BCUT2D eigenvalue weighted by atomic mass is 10.0. The van der Waals surface area contributed by atoms with Crippen LogP contribution in [0.15, 0.2) is 53.5 Å². The van der Waals surface area contributed by atoms with Crippen LogP contribution in [-0.4, -0.2) is 13.1 Å². The van der Waals surface area contributed by atoms with Crippen LogP contribution in [0.1, 0.15) is 42.6 Å². The zero-order chi connectivity index (χ0) is 17.3. The van der Waals surface area contributed by atoms with Crippen LogP contribution in [0.5, 0.6) is 0 Å². The predicted molar refractivity (Wildman–Crippen MR) is 103 cm³/mol. The number of thioether (sulfide) groups is 1. The van der Waals surface area contributed by atoms with Crippen molar-refractivity contribution in [1.29, 1.82) is 0 Å². The predicted octanol–water partition coefficient (Wildman–Crippen LogP) is 6.03. The lowest BCUT2D eigenvalue weighted by molar-refractivity contribution is 0.0601. The SMILES string of the molecule is C=C(SC(=C(C)C)c1cccc2ccc(C(=O)OC)cc12)C1CC1. The minimum atomic E-state index is -0.305. The van der Waals surface area contributed by atoms with Gasteiger partial charge < -0.3 is 4.74 Å². The van der Waals surface area contributed by atoms with Gasteiger partial charge in [-0.2, -0.15) is 0 Å². The van der Waals surface area contributed by atoms with Gasteiger partial charge in [0.05, 0.1) is 12.7 Å². The summed E-state index contributed by atoms with van der Waals surface area (Å²) in [6.45, 7) is 8.52. The first kappa shape index (κ1) is 16.8. The Bertz CT molecular complexity index is 840. The van der Waals surface area contributed by atoms with Crippen LogP contribution >= 0.6 is 11.8 Å². The van der Waals surface area contributed by atoms with E-state index in [1.807, 2.05) is 18.2 Å². The lowest BCUT2D eigenvalue weighted by Crippen LogP contribution is -2.01. The highest BCUT2D eigenvalue weighted by Gasteiger charge is 2.26. The van der Waals surface area contributed by atoms with Crippen molar-refractivity contribution in [3.05, 3.63) is 64.6 Å². The number of rotatable bonds is 5. The van der Waals surface area contributed by atoms with Gasteiger partial charge >= 0.3 is 5.97 Å². The smallest absolute Gasteiger partial charge is 0.337 e. The van der Waals surface area contributed by atoms with Gasteiger partial charge in [-0.25, -0.2) is 4.79 Å². The maximum absolute atomic E-state index is 11.9. The van der Waals surface area contributed by atoms with Gasteiger partial charge in [0.15, 0.2) is 0 Å². The Morgan fingerprint density at radius 3 is 2.58 bits per heavy atom. The summed E-state index contributed by atoms with van der Waals surface area (Å²) in [5, 5.41) is 2.20. The van der Waals surface area contributed by atoms with Gasteiger partial charge in [0.2, 0.25) is 0 Å². The Morgan fingerprint density at radius 2 is 1.96 bits per heavy atom. The molecule has 0 atom stereocenters. The number of esters is 1. The Balaban J connectivity index is 2.10. The van der Waals surface area contributed by atoms with Crippen LogP contribution in [0, 0.1) is 5.92 Å². The molecule has 3 heteroatoms. The third kappa shape index (κ3) is 3.41. The maximum Gasteiger partial charge on any atom is 0.337 e. The quantitative estimate of drug-likeness (QED) is 0.622. The topological polar surface area (TPSA) is 26.3 Å². The number of allylic oxidation sites excluding steroid dienone is 2. The standard InChI is InChI=1S/C21H22O2S/c1-13(2)20(24-14(3)15-8-9-15)18-7-5-6-16-10-11-17(12-19(16)18)21(22)23-4/h5-7,10-12,15H,3,8-9H2,1-2,4H3. The van der Waals surface area contributed by atoms with Gasteiger partial charge in [0, 0.05) is 4.91 Å². The highest BCUT2D eigenvalue weighted by Crippen LogP contribution is 2.47. The van der Waals surface area contributed by atoms with Gasteiger partial charge in [-0.3, -0.25) is 0 Å². The van der Waals surface area contributed by atoms with E-state index in [2.05, 4.69) is 38.6 Å². The molecule has 0 amide bonds. The molecule has 0 aliphatic heterocycles. The minimum absolute atomic E-state index is 0.305. The summed E-state index contributed by atoms with van der Waals surface area (Å²) in [7, 11) is 1.41. The lowest BCUT2D eigenvalue weighted by Gasteiger charge is -2.15. The molecule has 3 rings (SSSR count). The van der Waals surface area contributed by atoms with Crippen molar-refractivity contribution in [3.63, 3.8) is 0 Å². The molecule has 0 radical (unpaired) electrons. The van der Waals surface area contributed by atoms with E-state index in [0.717, 1.165) is 16.3 Å². The van der Waals surface area contributed by atoms with Crippen LogP contribution in [0.2, 0.25) is 0 Å². The second kappa shape index (κ2) is 6.86. The number of ether oxygens (including phenoxy) is 1. The van der Waals surface area contributed by atoms with E-state index < -0.39 is 0 Å². The third-order valence-electron chi connectivity index (χ3n) is 4.27. The van der Waals surface area contributed by atoms with Crippen molar-refractivity contribution in [1.82, 2.24) is 0 Å². The number of carbonyl (C=O) groups excluding carboxylic acids is 1. The molecule has 1 aliphatic rings. The van der Waals surface area contributed by atoms with Crippen molar-refractivity contribution in [2.24, 2.45) is 5.92 Å². The molecule has 0 heterocycles. The fraction of sp³-hybridized carbons (Fsp3) is 0.286. The average molecular weight is 338 g/mol. The van der Waals surface area contributed by atoms with Gasteiger partial charge in [-0.1, -0.05) is 48.2 Å². The highest BCUT2D eigenvalue weighted by atomic mass is 32.2. The van der Waals surface area contributed by atoms with Crippen LogP contribution in [0.3, 0.4) is 0 Å². The molecule has 0 N–H and O–H groups in total. The molecule has 1 fully saturated rings. The molecular formula is C21H22O2S. The Hall–Kier alpha value is -2.00. The highest BCUT2D eigenvalue weighted by molar-refractivity contribution is 8.11. The molecule has 1 aliphatic carbocycles. The molecule has 24 heavy (non-hydrogen) atoms. The van der Waals surface area contributed by atoms with Gasteiger partial charge in [-0.05, 0) is 66.0 Å². The fourth-order valence-electron chi connectivity index (χ4n) is 2.76. The third-order valence-corrected chi connectivity index (χ3v) is 5.70. The number of hydrogen-bond donors (Lipinski definition) is 0. The van der Waals surface area contributed by atoms with E-state index in [9.17, 15) is 4.79 Å². The van der Waals surface area contributed by atoms with Crippen molar-refractivity contribution in [2.45, 2.75) is 26.7 Å². The van der Waals surface area contributed by atoms with Crippen LogP contribution in [0.4, 0.5) is 0 Å². The first-order valence-corrected chi connectivity index (χ1v) is 8.98. The van der Waals surface area contributed by atoms with Crippen LogP contribution in [0.25, 0.3) is 15.7 Å². The molecule has 0 aromatic heterocycles. The molecule has 0 unspecified atom stereocenters. The van der Waals surface area contributed by atoms with E-state index in [1.54, 1.807) is 11.8 Å². The summed E-state index contributed by atoms with van der Waals surface area (Å²) in [5.41, 5.74) is 3.00. The second-order valence-electron chi connectivity index (χ2n) is 6.40. The normalized spacial score (nSPS) is 13.6. The summed E-state index contributed by atoms with van der Waals surface area (Å²) >= 11 is 1.78. The van der Waals surface area contributed by atoms with Crippen molar-refractivity contribution in [3.8, 4) is 0 Å². The summed E-state index contributed by atoms with van der Waals surface area (Å²) in [6, 6.07) is 12.0. The largest absolute Gasteiger partial charge is 0.465 e. The van der Waals surface area contributed by atoms with Crippen LogP contribution < -0.4 is 0 Å². The Labute approximate surface area is 147 Å². The summed E-state index contributed by atoms with van der Waals surface area (Å²) < 4.78 is 4.87. The summed E-state index contributed by atoms with van der Waals surface area (Å²) in [5.74, 6) is 0.352. The van der Waals surface area contributed by atoms with E-state index in [1.165, 1.54) is 35.3 Å². The Morgan fingerprint density at radius 1 is 1.21 bits per heavy atom. The fourth-order valence-corrected chi connectivity index (χ4v) is 3.92. The number of fused-ring (bicyclic) bond motifs is 1. The minimum Gasteiger partial charge on any atom is -0.465 e. The zero-order valence-electron chi connectivity index (χ0n) is 14.4. The molecule has 2 aromatic carbocycles. The summed E-state index contributed by atoms with van der Waals surface area (Å²) in [6.07, 6.45) is 2.51. The molecule has 124 valence electrons. The van der Waals surface area contributed by atoms with E-state index in [-0.39, 0.29) is 5.97 Å². The van der Waals surface area contributed by atoms with E-state index in [4.69, 9.17) is 4.74 Å². The van der Waals surface area contributed by atoms with Crippen molar-refractivity contribution in [2.75, 3.05) is 7.11 Å². The Kier molecular flexibility index (Phi) is 4.81. The molecule has 0 bridgehead atoms. The summed E-state index contributed by atoms with van der Waals surface area (Å²) in [4.78, 5) is 14.4. The molecule has 2 nitrogen and oxygen atoms in total. The molecule has 0 saturated heterocycles. The first-order valence-electron chi connectivity index (χ1n) is 8.17. The van der Waals surface area contributed by atoms with E-state index in [0.29, 0.717) is 11.5 Å². The van der Waals surface area contributed by atoms with E-state index >= 15 is 0 Å².